The molecular weight excluding hydrogens is 301 g/mol. The van der Waals surface area contributed by atoms with Gasteiger partial charge in [0.2, 0.25) is 5.91 Å². The van der Waals surface area contributed by atoms with Crippen molar-refractivity contribution in [3.05, 3.63) is 83.7 Å². The van der Waals surface area contributed by atoms with E-state index in [1.165, 1.54) is 28.5 Å². The van der Waals surface area contributed by atoms with Crippen LogP contribution in [-0.2, 0) is 17.6 Å². The van der Waals surface area contributed by atoms with Gasteiger partial charge in [-0.3, -0.25) is 4.79 Å². The molecule has 1 amide bonds. The number of benzene rings is 3. The fraction of sp³-hybridized carbons (Fsp3) is 0.190. The third kappa shape index (κ3) is 4.19. The average Bonchev–Trinajstić information content (AvgIpc) is 2.61. The molecule has 122 valence electrons. The largest absolute Gasteiger partial charge is 0.356 e. The lowest BCUT2D eigenvalue weighted by Crippen LogP contribution is -2.26. The standard InChI is InChI=1S/C21H20FNO/c22-19-12-10-16(11-13-19)15-21(24)23-14-4-8-18-7-3-6-17-5-1-2-9-20(17)18/h1-3,5-7,9-13H,4,8,14-15H2,(H,23,24). The van der Waals surface area contributed by atoms with E-state index in [1.807, 2.05) is 6.07 Å². The molecule has 3 rings (SSSR count). The Morgan fingerprint density at radius 1 is 0.917 bits per heavy atom. The summed E-state index contributed by atoms with van der Waals surface area (Å²) in [7, 11) is 0. The lowest BCUT2D eigenvalue weighted by molar-refractivity contribution is -0.120. The second kappa shape index (κ2) is 7.73. The van der Waals surface area contributed by atoms with Crippen LogP contribution >= 0.6 is 0 Å². The van der Waals surface area contributed by atoms with Crippen LogP contribution in [-0.4, -0.2) is 12.5 Å². The van der Waals surface area contributed by atoms with Gasteiger partial charge >= 0.3 is 0 Å². The number of halogens is 1. The van der Waals surface area contributed by atoms with Gasteiger partial charge in [0.05, 0.1) is 6.42 Å². The molecule has 2 nitrogen and oxygen atoms in total. The number of fused-ring (bicyclic) bond motifs is 1. The highest BCUT2D eigenvalue weighted by molar-refractivity contribution is 5.85. The Labute approximate surface area is 141 Å². The van der Waals surface area contributed by atoms with Gasteiger partial charge in [-0.05, 0) is 46.9 Å². The van der Waals surface area contributed by atoms with Crippen molar-refractivity contribution in [3.63, 3.8) is 0 Å². The minimum absolute atomic E-state index is 0.0282. The minimum Gasteiger partial charge on any atom is -0.356 e. The number of hydrogen-bond donors (Lipinski definition) is 1. The first-order chi connectivity index (χ1) is 11.7. The number of hydrogen-bond acceptors (Lipinski definition) is 1. The summed E-state index contributed by atoms with van der Waals surface area (Å²) in [5.74, 6) is -0.311. The predicted molar refractivity (Wildman–Crippen MR) is 95.4 cm³/mol. The maximum absolute atomic E-state index is 12.8. The van der Waals surface area contributed by atoms with Crippen molar-refractivity contribution in [2.24, 2.45) is 0 Å². The van der Waals surface area contributed by atoms with Crippen LogP contribution in [0, 0.1) is 5.82 Å². The monoisotopic (exact) mass is 321 g/mol. The quantitative estimate of drug-likeness (QED) is 0.675. The summed E-state index contributed by atoms with van der Waals surface area (Å²) in [5, 5.41) is 5.45. The normalized spacial score (nSPS) is 10.7. The zero-order valence-corrected chi connectivity index (χ0v) is 13.5. The molecule has 0 spiro atoms. The van der Waals surface area contributed by atoms with Crippen LogP contribution in [0.3, 0.4) is 0 Å². The average molecular weight is 321 g/mol. The second-order valence-corrected chi connectivity index (χ2v) is 5.90. The molecule has 3 heteroatoms. The molecule has 0 saturated carbocycles. The molecular formula is C21H20FNO. The molecule has 3 aromatic rings. The van der Waals surface area contributed by atoms with Gasteiger partial charge in [0.25, 0.3) is 0 Å². The van der Waals surface area contributed by atoms with Gasteiger partial charge in [0, 0.05) is 6.54 Å². The summed E-state index contributed by atoms with van der Waals surface area (Å²) < 4.78 is 12.8. The summed E-state index contributed by atoms with van der Waals surface area (Å²) in [5.41, 5.74) is 2.13. The van der Waals surface area contributed by atoms with Gasteiger partial charge < -0.3 is 5.32 Å². The molecule has 0 aliphatic rings. The molecule has 1 N–H and O–H groups in total. The highest BCUT2D eigenvalue weighted by atomic mass is 19.1. The number of amides is 1. The Hall–Kier alpha value is -2.68. The Morgan fingerprint density at radius 2 is 1.67 bits per heavy atom. The van der Waals surface area contributed by atoms with E-state index in [9.17, 15) is 9.18 Å². The van der Waals surface area contributed by atoms with E-state index < -0.39 is 0 Å². The number of nitrogens with one attached hydrogen (secondary N) is 1. The summed E-state index contributed by atoms with van der Waals surface area (Å²) >= 11 is 0. The number of aryl methyl sites for hydroxylation is 1. The number of carbonyl (C=O) groups is 1. The van der Waals surface area contributed by atoms with E-state index in [0.29, 0.717) is 6.54 Å². The van der Waals surface area contributed by atoms with E-state index in [0.717, 1.165) is 18.4 Å². The lowest BCUT2D eigenvalue weighted by atomic mass is 10.0. The predicted octanol–water partition coefficient (Wildman–Crippen LogP) is 4.27. The number of carbonyl (C=O) groups excluding carboxylic acids is 1. The molecule has 0 heterocycles. The number of rotatable bonds is 6. The van der Waals surface area contributed by atoms with Gasteiger partial charge in [-0.15, -0.1) is 0 Å². The minimum atomic E-state index is -0.283. The van der Waals surface area contributed by atoms with Crippen molar-refractivity contribution in [1.82, 2.24) is 5.32 Å². The van der Waals surface area contributed by atoms with E-state index in [-0.39, 0.29) is 18.1 Å². The van der Waals surface area contributed by atoms with E-state index in [4.69, 9.17) is 0 Å². The maximum atomic E-state index is 12.8. The Balaban J connectivity index is 1.48. The zero-order valence-electron chi connectivity index (χ0n) is 13.5. The van der Waals surface area contributed by atoms with E-state index >= 15 is 0 Å². The topological polar surface area (TPSA) is 29.1 Å². The van der Waals surface area contributed by atoms with Gasteiger partial charge in [0.15, 0.2) is 0 Å². The van der Waals surface area contributed by atoms with Gasteiger partial charge in [-0.25, -0.2) is 4.39 Å². The van der Waals surface area contributed by atoms with Crippen molar-refractivity contribution >= 4 is 16.7 Å². The smallest absolute Gasteiger partial charge is 0.224 e. The Bertz CT molecular complexity index is 821. The first-order valence-electron chi connectivity index (χ1n) is 8.20. The lowest BCUT2D eigenvalue weighted by Gasteiger charge is -2.08. The Kier molecular flexibility index (Phi) is 5.22. The van der Waals surface area contributed by atoms with E-state index in [1.54, 1.807) is 12.1 Å². The molecule has 0 radical (unpaired) electrons. The van der Waals surface area contributed by atoms with Crippen molar-refractivity contribution in [2.75, 3.05) is 6.54 Å². The molecule has 0 fully saturated rings. The van der Waals surface area contributed by atoms with Gasteiger partial charge in [-0.1, -0.05) is 54.6 Å². The highest BCUT2D eigenvalue weighted by Crippen LogP contribution is 2.19. The fourth-order valence-corrected chi connectivity index (χ4v) is 2.87. The van der Waals surface area contributed by atoms with Crippen LogP contribution < -0.4 is 5.32 Å². The Morgan fingerprint density at radius 3 is 2.50 bits per heavy atom. The summed E-state index contributed by atoms with van der Waals surface area (Å²) in [4.78, 5) is 11.9. The van der Waals surface area contributed by atoms with Crippen LogP contribution in [0.4, 0.5) is 4.39 Å². The highest BCUT2D eigenvalue weighted by Gasteiger charge is 2.04. The maximum Gasteiger partial charge on any atom is 0.224 e. The molecule has 0 atom stereocenters. The molecule has 0 unspecified atom stereocenters. The van der Waals surface area contributed by atoms with Crippen LogP contribution in [0.25, 0.3) is 10.8 Å². The van der Waals surface area contributed by atoms with Crippen LogP contribution in [0.2, 0.25) is 0 Å². The first kappa shape index (κ1) is 16.2. The van der Waals surface area contributed by atoms with Gasteiger partial charge in [-0.2, -0.15) is 0 Å². The molecule has 0 saturated heterocycles. The third-order valence-corrected chi connectivity index (χ3v) is 4.10. The van der Waals surface area contributed by atoms with Crippen molar-refractivity contribution in [3.8, 4) is 0 Å². The second-order valence-electron chi connectivity index (χ2n) is 5.90. The van der Waals surface area contributed by atoms with Crippen LogP contribution in [0.5, 0.6) is 0 Å². The van der Waals surface area contributed by atoms with Crippen molar-refractivity contribution < 1.29 is 9.18 Å². The van der Waals surface area contributed by atoms with E-state index in [2.05, 4.69) is 41.7 Å². The molecule has 0 aromatic heterocycles. The van der Waals surface area contributed by atoms with Crippen molar-refractivity contribution in [2.45, 2.75) is 19.3 Å². The molecule has 0 aliphatic carbocycles. The summed E-state index contributed by atoms with van der Waals surface area (Å²) in [6, 6.07) is 20.7. The van der Waals surface area contributed by atoms with Crippen molar-refractivity contribution in [1.29, 1.82) is 0 Å². The van der Waals surface area contributed by atoms with Gasteiger partial charge in [0.1, 0.15) is 5.82 Å². The third-order valence-electron chi connectivity index (χ3n) is 4.10. The first-order valence-corrected chi connectivity index (χ1v) is 8.20. The van der Waals surface area contributed by atoms with Crippen LogP contribution in [0.1, 0.15) is 17.5 Å². The molecule has 0 aliphatic heterocycles. The fourth-order valence-electron chi connectivity index (χ4n) is 2.87. The zero-order chi connectivity index (χ0) is 16.8. The summed E-state index contributed by atoms with van der Waals surface area (Å²) in [6.45, 7) is 0.642. The molecule has 3 aromatic carbocycles. The molecule has 24 heavy (non-hydrogen) atoms. The van der Waals surface area contributed by atoms with Crippen LogP contribution in [0.15, 0.2) is 66.7 Å². The summed E-state index contributed by atoms with van der Waals surface area (Å²) in [6.07, 6.45) is 2.11. The molecule has 0 bridgehead atoms. The SMILES string of the molecule is O=C(Cc1ccc(F)cc1)NCCCc1cccc2ccccc12.